The Bertz CT molecular complexity index is 683. The minimum absolute atomic E-state index is 0.213. The number of hydrogen-bond donors (Lipinski definition) is 2. The first-order chi connectivity index (χ1) is 10.6. The van der Waals surface area contributed by atoms with E-state index >= 15 is 0 Å². The van der Waals surface area contributed by atoms with E-state index < -0.39 is 0 Å². The Morgan fingerprint density at radius 1 is 1.50 bits per heavy atom. The zero-order valence-electron chi connectivity index (χ0n) is 12.9. The zero-order valence-corrected chi connectivity index (χ0v) is 12.9. The summed E-state index contributed by atoms with van der Waals surface area (Å²) in [6.07, 6.45) is 3.10. The van der Waals surface area contributed by atoms with Crippen molar-refractivity contribution in [2.24, 2.45) is 5.92 Å². The number of nitrogens with two attached hydrogens (primary N) is 1. The second kappa shape index (κ2) is 5.78. The first-order valence-corrected chi connectivity index (χ1v) is 7.62. The largest absolute Gasteiger partial charge is 0.368 e. The molecule has 0 radical (unpaired) electrons. The molecule has 8 nitrogen and oxygen atoms in total. The van der Waals surface area contributed by atoms with Gasteiger partial charge >= 0.3 is 0 Å². The standard InChI is InChI=1S/C14H21N7O/c1-3-20(8-22)13-10-11(18-19-13)16-14(15)17-12(10)21-6-4-5-9(2)7-21/h8-9H,3-7H2,1-2H3,(H3,15,16,17,18,19). The van der Waals surface area contributed by atoms with Gasteiger partial charge in [0.2, 0.25) is 12.4 Å². The number of nitrogens with zero attached hydrogens (tertiary/aromatic N) is 5. The third-order valence-corrected chi connectivity index (χ3v) is 4.10. The number of piperidine rings is 1. The molecule has 2 aromatic rings. The van der Waals surface area contributed by atoms with Crippen LogP contribution in [0, 0.1) is 5.92 Å². The maximum atomic E-state index is 11.3. The van der Waals surface area contributed by atoms with Gasteiger partial charge in [-0.05, 0) is 25.7 Å². The first kappa shape index (κ1) is 14.6. The van der Waals surface area contributed by atoms with Gasteiger partial charge in [0, 0.05) is 19.6 Å². The van der Waals surface area contributed by atoms with Crippen molar-refractivity contribution < 1.29 is 4.79 Å². The molecule has 3 rings (SSSR count). The lowest BCUT2D eigenvalue weighted by molar-refractivity contribution is -0.107. The predicted molar refractivity (Wildman–Crippen MR) is 85.8 cm³/mol. The Morgan fingerprint density at radius 2 is 2.32 bits per heavy atom. The normalized spacial score (nSPS) is 18.6. The molecular weight excluding hydrogens is 282 g/mol. The van der Waals surface area contributed by atoms with E-state index in [1.54, 1.807) is 0 Å². The lowest BCUT2D eigenvalue weighted by Gasteiger charge is -2.32. The van der Waals surface area contributed by atoms with E-state index in [0.29, 0.717) is 23.9 Å². The summed E-state index contributed by atoms with van der Waals surface area (Å²) in [7, 11) is 0. The van der Waals surface area contributed by atoms with Crippen LogP contribution in [0.2, 0.25) is 0 Å². The third kappa shape index (κ3) is 2.44. The quantitative estimate of drug-likeness (QED) is 0.821. The third-order valence-electron chi connectivity index (χ3n) is 4.10. The summed E-state index contributed by atoms with van der Waals surface area (Å²) < 4.78 is 0. The average Bonchev–Trinajstić information content (AvgIpc) is 2.91. The van der Waals surface area contributed by atoms with E-state index in [9.17, 15) is 4.79 Å². The topological polar surface area (TPSA) is 104 Å². The molecule has 0 spiro atoms. The Labute approximate surface area is 128 Å². The van der Waals surface area contributed by atoms with Crippen LogP contribution in [-0.4, -0.2) is 46.2 Å². The minimum Gasteiger partial charge on any atom is -0.368 e. The fourth-order valence-corrected chi connectivity index (χ4v) is 3.01. The number of anilines is 3. The number of carbonyl (C=O) groups is 1. The van der Waals surface area contributed by atoms with Crippen LogP contribution < -0.4 is 15.5 Å². The van der Waals surface area contributed by atoms with Crippen molar-refractivity contribution in [3.63, 3.8) is 0 Å². The van der Waals surface area contributed by atoms with Crippen molar-refractivity contribution in [3.05, 3.63) is 0 Å². The highest BCUT2D eigenvalue weighted by molar-refractivity contribution is 6.01. The summed E-state index contributed by atoms with van der Waals surface area (Å²) in [6, 6.07) is 0. The van der Waals surface area contributed by atoms with Gasteiger partial charge in [0.25, 0.3) is 0 Å². The maximum Gasteiger partial charge on any atom is 0.224 e. The smallest absolute Gasteiger partial charge is 0.224 e. The fourth-order valence-electron chi connectivity index (χ4n) is 3.01. The second-order valence-corrected chi connectivity index (χ2v) is 5.76. The molecule has 1 atom stereocenters. The average molecular weight is 303 g/mol. The molecule has 1 unspecified atom stereocenters. The number of aromatic nitrogens is 4. The Morgan fingerprint density at radius 3 is 3.00 bits per heavy atom. The van der Waals surface area contributed by atoms with Gasteiger partial charge in [-0.1, -0.05) is 6.92 Å². The zero-order chi connectivity index (χ0) is 15.7. The van der Waals surface area contributed by atoms with E-state index in [1.165, 1.54) is 11.3 Å². The number of fused-ring (bicyclic) bond motifs is 1. The van der Waals surface area contributed by atoms with Crippen LogP contribution in [0.4, 0.5) is 17.6 Å². The van der Waals surface area contributed by atoms with Crippen molar-refractivity contribution >= 4 is 35.0 Å². The van der Waals surface area contributed by atoms with E-state index in [4.69, 9.17) is 5.73 Å². The predicted octanol–water partition coefficient (Wildman–Crippen LogP) is 1.15. The maximum absolute atomic E-state index is 11.3. The Kier molecular flexibility index (Phi) is 3.82. The molecule has 0 saturated carbocycles. The van der Waals surface area contributed by atoms with Gasteiger partial charge in [0.1, 0.15) is 11.2 Å². The van der Waals surface area contributed by atoms with Gasteiger partial charge < -0.3 is 10.6 Å². The molecule has 2 aromatic heterocycles. The molecule has 0 aromatic carbocycles. The molecule has 118 valence electrons. The molecular formula is C14H21N7O. The van der Waals surface area contributed by atoms with Crippen molar-refractivity contribution in [1.82, 2.24) is 20.2 Å². The Balaban J connectivity index is 2.14. The number of nitrogens with one attached hydrogen (secondary N) is 1. The molecule has 1 aliphatic heterocycles. The molecule has 1 amide bonds. The number of carbonyl (C=O) groups excluding carboxylic acids is 1. The molecule has 1 fully saturated rings. The summed E-state index contributed by atoms with van der Waals surface area (Å²) in [5, 5.41) is 7.86. The van der Waals surface area contributed by atoms with Crippen LogP contribution in [-0.2, 0) is 4.79 Å². The molecule has 1 saturated heterocycles. The van der Waals surface area contributed by atoms with Crippen LogP contribution >= 0.6 is 0 Å². The van der Waals surface area contributed by atoms with E-state index in [0.717, 1.165) is 37.1 Å². The summed E-state index contributed by atoms with van der Waals surface area (Å²) in [6.45, 7) is 6.50. The number of hydrogen-bond acceptors (Lipinski definition) is 6. The summed E-state index contributed by atoms with van der Waals surface area (Å²) >= 11 is 0. The molecule has 0 bridgehead atoms. The molecule has 8 heteroatoms. The lowest BCUT2D eigenvalue weighted by Crippen LogP contribution is -2.35. The highest BCUT2D eigenvalue weighted by atomic mass is 16.1. The van der Waals surface area contributed by atoms with Gasteiger partial charge in [0.15, 0.2) is 11.5 Å². The van der Waals surface area contributed by atoms with Crippen molar-refractivity contribution in [1.29, 1.82) is 0 Å². The molecule has 3 N–H and O–H groups in total. The molecule has 0 aliphatic carbocycles. The van der Waals surface area contributed by atoms with Gasteiger partial charge in [0.05, 0.1) is 0 Å². The number of aromatic amines is 1. The lowest BCUT2D eigenvalue weighted by atomic mass is 10.0. The summed E-state index contributed by atoms with van der Waals surface area (Å²) in [5.74, 6) is 2.13. The van der Waals surface area contributed by atoms with Crippen LogP contribution in [0.15, 0.2) is 0 Å². The van der Waals surface area contributed by atoms with Crippen LogP contribution in [0.3, 0.4) is 0 Å². The highest BCUT2D eigenvalue weighted by Crippen LogP contribution is 2.33. The van der Waals surface area contributed by atoms with Crippen LogP contribution in [0.5, 0.6) is 0 Å². The van der Waals surface area contributed by atoms with E-state index in [2.05, 4.69) is 32.0 Å². The van der Waals surface area contributed by atoms with Gasteiger partial charge in [-0.2, -0.15) is 15.1 Å². The van der Waals surface area contributed by atoms with E-state index in [-0.39, 0.29) is 5.95 Å². The van der Waals surface area contributed by atoms with Gasteiger partial charge in [-0.25, -0.2) is 0 Å². The van der Waals surface area contributed by atoms with E-state index in [1.807, 2.05) is 6.92 Å². The van der Waals surface area contributed by atoms with Crippen molar-refractivity contribution in [2.75, 3.05) is 35.2 Å². The summed E-state index contributed by atoms with van der Waals surface area (Å²) in [4.78, 5) is 23.7. The molecule has 3 heterocycles. The van der Waals surface area contributed by atoms with Crippen LogP contribution in [0.25, 0.3) is 11.0 Å². The van der Waals surface area contributed by atoms with Crippen molar-refractivity contribution in [2.45, 2.75) is 26.7 Å². The highest BCUT2D eigenvalue weighted by Gasteiger charge is 2.25. The minimum atomic E-state index is 0.213. The van der Waals surface area contributed by atoms with Crippen molar-refractivity contribution in [3.8, 4) is 0 Å². The molecule has 1 aliphatic rings. The number of nitrogen functional groups attached to an aromatic ring is 1. The van der Waals surface area contributed by atoms with Crippen LogP contribution in [0.1, 0.15) is 26.7 Å². The summed E-state index contributed by atoms with van der Waals surface area (Å²) in [5.41, 5.74) is 6.40. The van der Waals surface area contributed by atoms with Gasteiger partial charge in [-0.3, -0.25) is 14.8 Å². The number of rotatable bonds is 4. The van der Waals surface area contributed by atoms with Gasteiger partial charge in [-0.15, -0.1) is 0 Å². The number of amides is 1. The molecule has 22 heavy (non-hydrogen) atoms. The monoisotopic (exact) mass is 303 g/mol. The number of H-pyrrole nitrogens is 1. The Hall–Kier alpha value is -2.38. The SMILES string of the molecule is CCN(C=O)c1n[nH]c2nc(N)nc(N3CCCC(C)C3)c12. The fraction of sp³-hybridized carbons (Fsp3) is 0.571. The second-order valence-electron chi connectivity index (χ2n) is 5.76. The first-order valence-electron chi connectivity index (χ1n) is 7.62.